The maximum absolute atomic E-state index is 12.3. The molecule has 1 saturated heterocycles. The Hall–Kier alpha value is -3.35. The molecule has 0 saturated carbocycles. The van der Waals surface area contributed by atoms with E-state index >= 15 is 0 Å². The molecule has 0 radical (unpaired) electrons. The van der Waals surface area contributed by atoms with Crippen LogP contribution in [-0.4, -0.2) is 37.4 Å². The Balaban J connectivity index is 1.52. The third kappa shape index (κ3) is 5.84. The first-order valence-corrected chi connectivity index (χ1v) is 10.6. The Bertz CT molecular complexity index is 956. The summed E-state index contributed by atoms with van der Waals surface area (Å²) in [4.78, 5) is 38.3. The van der Waals surface area contributed by atoms with E-state index in [0.29, 0.717) is 24.5 Å². The van der Waals surface area contributed by atoms with Gasteiger partial charge in [-0.15, -0.1) is 0 Å². The SMILES string of the molecule is CCCNC(=O)[C@H]1CC(=O)N(c2ccc(OCC(=O)Nc3ccc(C)c(C)c3)cc2)C1. The monoisotopic (exact) mass is 423 g/mol. The molecule has 1 atom stereocenters. The van der Waals surface area contributed by atoms with Gasteiger partial charge in [0.05, 0.1) is 5.92 Å². The van der Waals surface area contributed by atoms with E-state index in [4.69, 9.17) is 4.74 Å². The molecule has 31 heavy (non-hydrogen) atoms. The lowest BCUT2D eigenvalue weighted by Gasteiger charge is -2.17. The summed E-state index contributed by atoms with van der Waals surface area (Å²) in [6, 6.07) is 12.7. The van der Waals surface area contributed by atoms with Crippen LogP contribution in [0.25, 0.3) is 0 Å². The number of aryl methyl sites for hydroxylation is 2. The van der Waals surface area contributed by atoms with E-state index in [0.717, 1.165) is 17.7 Å². The summed E-state index contributed by atoms with van der Waals surface area (Å²) in [5.74, 6) is -0.194. The number of hydrogen-bond donors (Lipinski definition) is 2. The summed E-state index contributed by atoms with van der Waals surface area (Å²) in [5.41, 5.74) is 3.72. The van der Waals surface area contributed by atoms with Crippen molar-refractivity contribution < 1.29 is 19.1 Å². The second-order valence-electron chi connectivity index (χ2n) is 7.83. The quantitative estimate of drug-likeness (QED) is 0.683. The van der Waals surface area contributed by atoms with Gasteiger partial charge in [-0.2, -0.15) is 0 Å². The smallest absolute Gasteiger partial charge is 0.262 e. The second kappa shape index (κ2) is 10.1. The third-order valence-corrected chi connectivity index (χ3v) is 5.35. The van der Waals surface area contributed by atoms with Crippen molar-refractivity contribution in [3.8, 4) is 5.75 Å². The maximum Gasteiger partial charge on any atom is 0.262 e. The number of benzene rings is 2. The van der Waals surface area contributed by atoms with E-state index in [-0.39, 0.29) is 36.7 Å². The lowest BCUT2D eigenvalue weighted by molar-refractivity contribution is -0.126. The fourth-order valence-electron chi connectivity index (χ4n) is 3.41. The van der Waals surface area contributed by atoms with Crippen LogP contribution < -0.4 is 20.3 Å². The third-order valence-electron chi connectivity index (χ3n) is 5.35. The average Bonchev–Trinajstić information content (AvgIpc) is 3.15. The van der Waals surface area contributed by atoms with Crippen LogP contribution in [-0.2, 0) is 14.4 Å². The van der Waals surface area contributed by atoms with E-state index in [9.17, 15) is 14.4 Å². The van der Waals surface area contributed by atoms with Gasteiger partial charge in [-0.3, -0.25) is 14.4 Å². The lowest BCUT2D eigenvalue weighted by Crippen LogP contribution is -2.33. The van der Waals surface area contributed by atoms with Gasteiger partial charge in [0, 0.05) is 30.9 Å². The number of anilines is 2. The highest BCUT2D eigenvalue weighted by atomic mass is 16.5. The number of amides is 3. The van der Waals surface area contributed by atoms with Crippen LogP contribution in [0.4, 0.5) is 11.4 Å². The highest BCUT2D eigenvalue weighted by Gasteiger charge is 2.34. The van der Waals surface area contributed by atoms with E-state index in [1.54, 1.807) is 29.2 Å². The molecule has 0 aliphatic carbocycles. The van der Waals surface area contributed by atoms with Crippen molar-refractivity contribution in [2.24, 2.45) is 5.92 Å². The number of carbonyl (C=O) groups excluding carboxylic acids is 3. The minimum atomic E-state index is -0.330. The fraction of sp³-hybridized carbons (Fsp3) is 0.375. The number of rotatable bonds is 8. The van der Waals surface area contributed by atoms with Crippen LogP contribution in [0.15, 0.2) is 42.5 Å². The van der Waals surface area contributed by atoms with Crippen molar-refractivity contribution in [3.63, 3.8) is 0 Å². The molecule has 7 heteroatoms. The Morgan fingerprint density at radius 1 is 1.10 bits per heavy atom. The van der Waals surface area contributed by atoms with Gasteiger partial charge < -0.3 is 20.3 Å². The van der Waals surface area contributed by atoms with Gasteiger partial charge in [0.2, 0.25) is 11.8 Å². The van der Waals surface area contributed by atoms with Gasteiger partial charge in [0.15, 0.2) is 6.61 Å². The van der Waals surface area contributed by atoms with E-state index in [1.807, 2.05) is 39.0 Å². The average molecular weight is 424 g/mol. The Labute approximate surface area is 182 Å². The molecular weight excluding hydrogens is 394 g/mol. The minimum Gasteiger partial charge on any atom is -0.484 e. The van der Waals surface area contributed by atoms with E-state index in [2.05, 4.69) is 10.6 Å². The molecule has 0 bridgehead atoms. The molecule has 0 unspecified atom stereocenters. The summed E-state index contributed by atoms with van der Waals surface area (Å²) in [5, 5.41) is 5.67. The summed E-state index contributed by atoms with van der Waals surface area (Å²) < 4.78 is 5.56. The zero-order valence-corrected chi connectivity index (χ0v) is 18.2. The number of nitrogens with zero attached hydrogens (tertiary/aromatic N) is 1. The summed E-state index contributed by atoms with van der Waals surface area (Å²) >= 11 is 0. The van der Waals surface area contributed by atoms with Crippen molar-refractivity contribution >= 4 is 29.1 Å². The molecule has 2 N–H and O–H groups in total. The zero-order valence-electron chi connectivity index (χ0n) is 18.2. The van der Waals surface area contributed by atoms with Crippen molar-refractivity contribution in [3.05, 3.63) is 53.6 Å². The van der Waals surface area contributed by atoms with Crippen molar-refractivity contribution in [2.45, 2.75) is 33.6 Å². The van der Waals surface area contributed by atoms with Crippen LogP contribution in [0.1, 0.15) is 30.9 Å². The van der Waals surface area contributed by atoms with Crippen molar-refractivity contribution in [2.75, 3.05) is 29.9 Å². The highest BCUT2D eigenvalue weighted by molar-refractivity contribution is 6.00. The molecule has 3 amide bonds. The first-order valence-electron chi connectivity index (χ1n) is 10.6. The zero-order chi connectivity index (χ0) is 22.4. The number of hydrogen-bond acceptors (Lipinski definition) is 4. The van der Waals surface area contributed by atoms with Gasteiger partial charge in [-0.1, -0.05) is 13.0 Å². The molecule has 3 rings (SSSR count). The molecule has 0 spiro atoms. The molecule has 164 valence electrons. The Kier molecular flexibility index (Phi) is 7.28. The van der Waals surface area contributed by atoms with Crippen LogP contribution in [0.5, 0.6) is 5.75 Å². The Morgan fingerprint density at radius 2 is 1.84 bits per heavy atom. The number of carbonyl (C=O) groups is 3. The van der Waals surface area contributed by atoms with Gasteiger partial charge in [0.1, 0.15) is 5.75 Å². The van der Waals surface area contributed by atoms with Crippen LogP contribution in [0, 0.1) is 19.8 Å². The van der Waals surface area contributed by atoms with Gasteiger partial charge in [-0.05, 0) is 67.8 Å². The molecule has 7 nitrogen and oxygen atoms in total. The standard InChI is InChI=1S/C24H29N3O4/c1-4-11-25-24(30)18-13-23(29)27(14-18)20-7-9-21(10-8-20)31-15-22(28)26-19-6-5-16(2)17(3)12-19/h5-10,12,18H,4,11,13-15H2,1-3H3,(H,25,30)(H,26,28)/t18-/m0/s1. The van der Waals surface area contributed by atoms with Crippen LogP contribution in [0.2, 0.25) is 0 Å². The largest absolute Gasteiger partial charge is 0.484 e. The van der Waals surface area contributed by atoms with Crippen molar-refractivity contribution in [1.29, 1.82) is 0 Å². The predicted octanol–water partition coefficient (Wildman–Crippen LogP) is 3.20. The highest BCUT2D eigenvalue weighted by Crippen LogP contribution is 2.27. The second-order valence-corrected chi connectivity index (χ2v) is 7.83. The lowest BCUT2D eigenvalue weighted by atomic mass is 10.1. The number of nitrogens with one attached hydrogen (secondary N) is 2. The first-order chi connectivity index (χ1) is 14.9. The van der Waals surface area contributed by atoms with Gasteiger partial charge >= 0.3 is 0 Å². The molecule has 2 aromatic carbocycles. The summed E-state index contributed by atoms with van der Waals surface area (Å²) in [6.07, 6.45) is 1.08. The minimum absolute atomic E-state index is 0.0712. The summed E-state index contributed by atoms with van der Waals surface area (Å²) in [7, 11) is 0. The molecule has 0 aromatic heterocycles. The normalized spacial score (nSPS) is 15.6. The molecule has 1 heterocycles. The number of ether oxygens (including phenoxy) is 1. The van der Waals surface area contributed by atoms with E-state index in [1.165, 1.54) is 5.56 Å². The predicted molar refractivity (Wildman–Crippen MR) is 120 cm³/mol. The molecule has 1 aliphatic heterocycles. The molecule has 1 fully saturated rings. The molecular formula is C24H29N3O4. The summed E-state index contributed by atoms with van der Waals surface area (Å²) in [6.45, 7) is 6.87. The maximum atomic E-state index is 12.3. The molecule has 2 aromatic rings. The van der Waals surface area contributed by atoms with Crippen LogP contribution >= 0.6 is 0 Å². The van der Waals surface area contributed by atoms with Gasteiger partial charge in [0.25, 0.3) is 5.91 Å². The molecule has 1 aliphatic rings. The first kappa shape index (κ1) is 22.3. The van der Waals surface area contributed by atoms with E-state index < -0.39 is 0 Å². The van der Waals surface area contributed by atoms with Gasteiger partial charge in [-0.25, -0.2) is 0 Å². The topological polar surface area (TPSA) is 87.7 Å². The fourth-order valence-corrected chi connectivity index (χ4v) is 3.41. The van der Waals surface area contributed by atoms with Crippen molar-refractivity contribution in [1.82, 2.24) is 5.32 Å². The van der Waals surface area contributed by atoms with Crippen LogP contribution in [0.3, 0.4) is 0 Å². The Morgan fingerprint density at radius 3 is 2.52 bits per heavy atom.